The Morgan fingerprint density at radius 3 is 2.28 bits per heavy atom. The summed E-state index contributed by atoms with van der Waals surface area (Å²) in [5.74, 6) is -1.01. The van der Waals surface area contributed by atoms with Crippen molar-refractivity contribution in [2.24, 2.45) is 22.5 Å². The molecule has 3 fully saturated rings. The SMILES string of the molecule is CC1(C)C(NC(=O)c2ccc(-n3cc(CCOCCOCCN4C(=O)CCC(n5nnc6ccc(N7CCC(C(N)=O)CC7)cc6c5=O)C4=O)nn3)cc2)C(C)(C)C1Oc1ccc(C#N)c(Cl)c1. The summed E-state index contributed by atoms with van der Waals surface area (Å²) in [5.41, 5.74) is 7.71. The number of nitrogens with zero attached hydrogens (tertiary/aromatic N) is 9. The average Bonchev–Trinajstić information content (AvgIpc) is 3.81. The van der Waals surface area contributed by atoms with Gasteiger partial charge in [0.1, 0.15) is 29.5 Å². The van der Waals surface area contributed by atoms with E-state index in [9.17, 15) is 29.2 Å². The van der Waals surface area contributed by atoms with Crippen LogP contribution >= 0.6 is 11.6 Å². The summed E-state index contributed by atoms with van der Waals surface area (Å²) in [6.45, 7) is 10.4. The summed E-state index contributed by atoms with van der Waals surface area (Å²) < 4.78 is 20.5. The number of nitrogens with one attached hydrogen (secondary N) is 1. The highest BCUT2D eigenvalue weighted by Gasteiger charge is 2.64. The lowest BCUT2D eigenvalue weighted by atomic mass is 9.49. The lowest BCUT2D eigenvalue weighted by molar-refractivity contribution is -0.164. The van der Waals surface area contributed by atoms with Crippen LogP contribution in [0.25, 0.3) is 16.6 Å². The first-order chi connectivity index (χ1) is 32.6. The number of halogens is 1. The molecular weight excluding hydrogens is 894 g/mol. The third-order valence-corrected chi connectivity index (χ3v) is 13.7. The van der Waals surface area contributed by atoms with Crippen molar-refractivity contribution in [3.05, 3.63) is 99.1 Å². The third-order valence-electron chi connectivity index (χ3n) is 13.4. The van der Waals surface area contributed by atoms with Gasteiger partial charge in [0.15, 0.2) is 0 Å². The first kappa shape index (κ1) is 47.7. The highest BCUT2D eigenvalue weighted by molar-refractivity contribution is 6.31. The number of imide groups is 1. The van der Waals surface area contributed by atoms with Gasteiger partial charge in [-0.3, -0.25) is 28.9 Å². The number of amides is 4. The zero-order valence-electron chi connectivity index (χ0n) is 38.4. The Balaban J connectivity index is 0.755. The Hall–Kier alpha value is -6.75. The van der Waals surface area contributed by atoms with Crippen LogP contribution in [-0.4, -0.2) is 117 Å². The normalized spacial score (nSPS) is 20.2. The van der Waals surface area contributed by atoms with Gasteiger partial charge in [0.2, 0.25) is 11.8 Å². The smallest absolute Gasteiger partial charge is 0.278 e. The molecule has 356 valence electrons. The van der Waals surface area contributed by atoms with Crippen LogP contribution in [0.5, 0.6) is 5.75 Å². The maximum Gasteiger partial charge on any atom is 0.278 e. The number of hydrogen-bond donors (Lipinski definition) is 2. The minimum absolute atomic E-state index is 0.00913. The van der Waals surface area contributed by atoms with Gasteiger partial charge in [-0.25, -0.2) is 4.68 Å². The molecule has 2 aliphatic heterocycles. The van der Waals surface area contributed by atoms with Crippen molar-refractivity contribution in [2.75, 3.05) is 51.0 Å². The number of ether oxygens (including phenoxy) is 3. The van der Waals surface area contributed by atoms with Gasteiger partial charge in [0, 0.05) is 66.0 Å². The van der Waals surface area contributed by atoms with Crippen LogP contribution in [0.1, 0.15) is 81.0 Å². The van der Waals surface area contributed by atoms with E-state index in [1.54, 1.807) is 65.5 Å². The fourth-order valence-corrected chi connectivity index (χ4v) is 10.1. The number of fused-ring (bicyclic) bond motifs is 1. The molecule has 19 nitrogen and oxygen atoms in total. The summed E-state index contributed by atoms with van der Waals surface area (Å²) in [4.78, 5) is 68.3. The number of primary amides is 1. The Morgan fingerprint density at radius 1 is 0.882 bits per heavy atom. The minimum Gasteiger partial charge on any atom is -0.489 e. The van der Waals surface area contributed by atoms with E-state index in [4.69, 9.17) is 31.5 Å². The number of carbonyl (C=O) groups excluding carboxylic acids is 4. The van der Waals surface area contributed by atoms with Crippen LogP contribution in [0.15, 0.2) is 71.7 Å². The standard InChI is InChI=1S/C48H54ClN11O8/c1-47(2)45(48(3,4)46(47)68-35-11-7-31(27-50)37(49)26-35)52-42(63)30-5-8-33(9-6-30)59-28-32(53-55-59)17-21-66-23-24-67-22-20-58-40(61)14-13-39(44(58)65)60-43(64)36-25-34(10-12-38(36)54-56-60)57-18-15-29(16-19-57)41(51)62/h5-12,25-26,28-29,39,45-46H,13-24H2,1-4H3,(H2,51,62)(H,52,63). The zero-order chi connectivity index (χ0) is 48.3. The molecule has 1 unspecified atom stereocenters. The number of anilines is 1. The lowest BCUT2D eigenvalue weighted by Crippen LogP contribution is -2.74. The van der Waals surface area contributed by atoms with Gasteiger partial charge in [-0.15, -0.1) is 10.2 Å². The summed E-state index contributed by atoms with van der Waals surface area (Å²) in [6.07, 6.45) is 3.49. The number of carbonyl (C=O) groups is 4. The van der Waals surface area contributed by atoms with E-state index >= 15 is 0 Å². The van der Waals surface area contributed by atoms with E-state index in [2.05, 4.69) is 64.6 Å². The van der Waals surface area contributed by atoms with Gasteiger partial charge in [-0.05, 0) is 73.9 Å². The van der Waals surface area contributed by atoms with Gasteiger partial charge in [-0.1, -0.05) is 49.7 Å². The molecule has 8 rings (SSSR count). The molecular formula is C48H54ClN11O8. The van der Waals surface area contributed by atoms with E-state index in [1.165, 1.54) is 0 Å². The van der Waals surface area contributed by atoms with Gasteiger partial charge in [0.05, 0.1) is 66.5 Å². The van der Waals surface area contributed by atoms with Crippen LogP contribution in [-0.2, 0) is 30.3 Å². The number of nitriles is 1. The van der Waals surface area contributed by atoms with Gasteiger partial charge < -0.3 is 30.2 Å². The molecule has 1 aliphatic carbocycles. The van der Waals surface area contributed by atoms with Gasteiger partial charge in [0.25, 0.3) is 17.4 Å². The minimum atomic E-state index is -0.989. The first-order valence-electron chi connectivity index (χ1n) is 22.7. The number of rotatable bonds is 17. The largest absolute Gasteiger partial charge is 0.489 e. The summed E-state index contributed by atoms with van der Waals surface area (Å²) in [6, 6.07) is 18.3. The monoisotopic (exact) mass is 947 g/mol. The second-order valence-corrected chi connectivity index (χ2v) is 19.0. The maximum atomic E-state index is 13.7. The molecule has 3 aromatic carbocycles. The Kier molecular flexibility index (Phi) is 13.9. The zero-order valence-corrected chi connectivity index (χ0v) is 39.1. The molecule has 1 saturated carbocycles. The van der Waals surface area contributed by atoms with Crippen LogP contribution in [0, 0.1) is 28.1 Å². The molecule has 2 saturated heterocycles. The molecule has 4 amide bonds. The summed E-state index contributed by atoms with van der Waals surface area (Å²) in [7, 11) is 0. The molecule has 5 aromatic rings. The van der Waals surface area contributed by atoms with E-state index in [1.807, 2.05) is 6.07 Å². The molecule has 0 radical (unpaired) electrons. The number of nitrogens with two attached hydrogens (primary N) is 1. The second kappa shape index (κ2) is 19.8. The summed E-state index contributed by atoms with van der Waals surface area (Å²) in [5, 5.41) is 29.8. The molecule has 68 heavy (non-hydrogen) atoms. The van der Waals surface area contributed by atoms with Gasteiger partial charge in [-0.2, -0.15) is 9.94 Å². The number of aromatic nitrogens is 6. The average molecular weight is 948 g/mol. The fourth-order valence-electron chi connectivity index (χ4n) is 9.92. The number of hydrogen-bond acceptors (Lipinski definition) is 14. The fraction of sp³-hybridized carbons (Fsp3) is 0.458. The molecule has 20 heteroatoms. The molecule has 2 aromatic heterocycles. The topological polar surface area (TPSA) is 243 Å². The van der Waals surface area contributed by atoms with Crippen LogP contribution < -0.4 is 26.2 Å². The van der Waals surface area contributed by atoms with Crippen molar-refractivity contribution in [3.8, 4) is 17.5 Å². The molecule has 4 heterocycles. The number of likely N-dealkylation sites (tertiary alicyclic amines) is 1. The number of piperidine rings is 2. The first-order valence-corrected chi connectivity index (χ1v) is 23.1. The lowest BCUT2D eigenvalue weighted by Gasteiger charge is -2.63. The van der Waals surface area contributed by atoms with E-state index in [0.717, 1.165) is 21.0 Å². The van der Waals surface area contributed by atoms with E-state index in [0.29, 0.717) is 77.5 Å². The van der Waals surface area contributed by atoms with Crippen molar-refractivity contribution >= 4 is 51.8 Å². The predicted octanol–water partition coefficient (Wildman–Crippen LogP) is 4.18. The molecule has 3 N–H and O–H groups in total. The maximum absolute atomic E-state index is 13.7. The summed E-state index contributed by atoms with van der Waals surface area (Å²) >= 11 is 6.24. The molecule has 1 atom stereocenters. The van der Waals surface area contributed by atoms with Crippen LogP contribution in [0.3, 0.4) is 0 Å². The van der Waals surface area contributed by atoms with Crippen molar-refractivity contribution in [1.82, 2.24) is 40.2 Å². The highest BCUT2D eigenvalue weighted by Crippen LogP contribution is 2.55. The van der Waals surface area contributed by atoms with Crippen LogP contribution in [0.2, 0.25) is 5.02 Å². The van der Waals surface area contributed by atoms with E-state index in [-0.39, 0.29) is 75.0 Å². The van der Waals surface area contributed by atoms with E-state index < -0.39 is 28.3 Å². The molecule has 0 bridgehead atoms. The van der Waals surface area contributed by atoms with Crippen molar-refractivity contribution in [1.29, 1.82) is 5.26 Å². The Bertz CT molecular complexity index is 2800. The predicted molar refractivity (Wildman–Crippen MR) is 249 cm³/mol. The third kappa shape index (κ3) is 9.80. The van der Waals surface area contributed by atoms with Crippen LogP contribution in [0.4, 0.5) is 5.69 Å². The second-order valence-electron chi connectivity index (χ2n) is 18.6. The van der Waals surface area contributed by atoms with Crippen molar-refractivity contribution in [2.45, 2.75) is 78.0 Å². The Labute approximate surface area is 397 Å². The van der Waals surface area contributed by atoms with Gasteiger partial charge >= 0.3 is 0 Å². The molecule has 0 spiro atoms. The highest BCUT2D eigenvalue weighted by atomic mass is 35.5. The molecule has 3 aliphatic rings. The van der Waals surface area contributed by atoms with Crippen molar-refractivity contribution < 1.29 is 33.4 Å². The number of benzene rings is 3. The quantitative estimate of drug-likeness (QED) is 0.0982. The Morgan fingerprint density at radius 2 is 1.59 bits per heavy atom. The van der Waals surface area contributed by atoms with Crippen molar-refractivity contribution in [3.63, 3.8) is 0 Å².